The molecule has 36 atom stereocenters. The highest BCUT2D eigenvalue weighted by Crippen LogP contribution is 2.38. The van der Waals surface area contributed by atoms with E-state index < -0.39 is 298 Å². The summed E-state index contributed by atoms with van der Waals surface area (Å²) in [5.41, 5.74) is 0. The second-order valence-corrected chi connectivity index (χ2v) is 23.3. The highest BCUT2D eigenvalue weighted by molar-refractivity contribution is 5.74. The van der Waals surface area contributed by atoms with E-state index in [1.807, 2.05) is 0 Å². The van der Waals surface area contributed by atoms with Gasteiger partial charge in [-0.2, -0.15) is 0 Å². The van der Waals surface area contributed by atoms with E-state index in [0.717, 1.165) is 20.8 Å². The van der Waals surface area contributed by atoms with Crippen molar-refractivity contribution < 1.29 is 188 Å². The van der Waals surface area contributed by atoms with Crippen molar-refractivity contribution in [3.05, 3.63) is 0 Å². The predicted octanol–water partition coefficient (Wildman–Crippen LogP) is -16.7. The lowest BCUT2D eigenvalue weighted by molar-refractivity contribution is -0.387. The third-order valence-corrected chi connectivity index (χ3v) is 16.7. The largest absolute Gasteiger partial charge is 0.394 e. The van der Waals surface area contributed by atoms with Crippen LogP contribution in [0.5, 0.6) is 0 Å². The summed E-state index contributed by atoms with van der Waals surface area (Å²) in [7, 11) is 0. The van der Waals surface area contributed by atoms with Gasteiger partial charge in [0, 0.05) is 20.8 Å². The second kappa shape index (κ2) is 35.0. The van der Waals surface area contributed by atoms with Crippen molar-refractivity contribution in [2.24, 2.45) is 0 Å². The molecule has 0 aromatic rings. The molecular weight excluding hydrogens is 1290 g/mol. The quantitative estimate of drug-likeness (QED) is 0.0324. The van der Waals surface area contributed by atoms with E-state index in [9.17, 15) is 121 Å². The van der Waals surface area contributed by atoms with Gasteiger partial charge in [0.15, 0.2) is 44.0 Å². The van der Waals surface area contributed by atoms with Gasteiger partial charge in [-0.25, -0.2) is 0 Å². The number of carbonyl (C=O) groups is 4. The first-order valence-corrected chi connectivity index (χ1v) is 29.8. The molecule has 94 heavy (non-hydrogen) atoms. The molecule has 0 aromatic carbocycles. The molecule has 7 aliphatic rings. The Balaban J connectivity index is 1.15. The van der Waals surface area contributed by atoms with Crippen LogP contribution in [0.3, 0.4) is 0 Å². The van der Waals surface area contributed by atoms with Gasteiger partial charge in [-0.15, -0.1) is 0 Å². The standard InChI is InChI=1S/C52H88N4O38/c1-14(65)54-25-32(72)28(68)18(5-58)83-47(25)94-45-31(71)24(12-82-46-26(55-15(2)66)33(73)41(21(8-61)86-46)90-50-37(77)35(75)29(69)19(6-59)84-50)89-52(40(45)80)91-42-22(9-62)87-48(27(34(42)74)56-16(3)67)93-44-30(70)20(7-60)85-51(39(44)79)92-43-23(10-63)88-49(38(78)36(43)76)81-11-17(4-57)53-13-64/h13,17-52,57-63,68-80H,4-12H2,1-3H3,(H,53,64)(H,54,65)(H,55,66)(H,56,67)/t17-,18-,19-,20-,21-,22-,23-,24-,25-,26-,27-,28-,29+,30+,31+,32-,33-,34-,35+,36-,37-,38-,39-,40-,41-,42-,43-,44+,45+,46-,47-,48+,49-,50+,51+,52+/m1/s1. The third kappa shape index (κ3) is 17.7. The van der Waals surface area contributed by atoms with Crippen LogP contribution in [0.25, 0.3) is 0 Å². The lowest BCUT2D eigenvalue weighted by atomic mass is 9.94. The Hall–Kier alpha value is -3.48. The molecule has 7 rings (SSSR count). The lowest BCUT2D eigenvalue weighted by Gasteiger charge is -2.51. The molecule has 4 amide bonds. The maximum Gasteiger partial charge on any atom is 0.217 e. The second-order valence-electron chi connectivity index (χ2n) is 23.3. The highest BCUT2D eigenvalue weighted by Gasteiger charge is 2.59. The summed E-state index contributed by atoms with van der Waals surface area (Å²) >= 11 is 0. The molecular formula is C52H88N4O38. The number of ether oxygens (including phenoxy) is 14. The van der Waals surface area contributed by atoms with Crippen LogP contribution in [0, 0.1) is 0 Å². The first kappa shape index (κ1) is 77.9. The fraction of sp³-hybridized carbons (Fsp3) is 0.923. The van der Waals surface area contributed by atoms with E-state index in [2.05, 4.69) is 21.3 Å². The summed E-state index contributed by atoms with van der Waals surface area (Å²) in [4.78, 5) is 48.9. The number of aliphatic hydroxyl groups excluding tert-OH is 20. The van der Waals surface area contributed by atoms with Crippen LogP contribution in [0.2, 0.25) is 0 Å². The Labute approximate surface area is 533 Å². The molecule has 42 heteroatoms. The SMILES string of the molecule is CC(=O)N[C@H]1[C@H](OC[C@H]2O[C@@H](O[C@H]3[C@H](O)[C@@H](NC(C)=O)[C@H](O[C@H]4[C@@H](O)[C@@H](CO)O[C@@H](O[C@H]5[C@H](O)[C@@H](O)[C@H](OC[C@@H](CO)NC=O)O[C@@H]5CO)[C@@H]4O)O[C@@H]3CO)[C@H](O)[C@@H](O[C@H]3O[C@H](CO)[C@@H](O)[C@H](O)[C@H]3NC(C)=O)[C@H]2O)O[C@H](CO)[C@@H](O[C@@H]2O[C@H](CO)[C@H](O)[C@H](O)[C@H]2O)[C@@H]1O. The zero-order valence-electron chi connectivity index (χ0n) is 50.5. The van der Waals surface area contributed by atoms with Crippen LogP contribution < -0.4 is 21.3 Å². The minimum absolute atomic E-state index is 0.262. The summed E-state index contributed by atoms with van der Waals surface area (Å²) in [5, 5.41) is 228. The minimum atomic E-state index is -2.36. The van der Waals surface area contributed by atoms with E-state index in [4.69, 9.17) is 66.3 Å². The Kier molecular flexibility index (Phi) is 29.0. The molecule has 0 bridgehead atoms. The molecule has 0 aliphatic carbocycles. The molecule has 0 aromatic heterocycles. The smallest absolute Gasteiger partial charge is 0.217 e. The van der Waals surface area contributed by atoms with E-state index in [1.165, 1.54) is 0 Å². The Morgan fingerprint density at radius 1 is 0.351 bits per heavy atom. The van der Waals surface area contributed by atoms with Crippen molar-refractivity contribution >= 4 is 24.1 Å². The summed E-state index contributed by atoms with van der Waals surface area (Å²) in [6.45, 7) is -5.18. The average molecular weight is 1380 g/mol. The minimum Gasteiger partial charge on any atom is -0.394 e. The fourth-order valence-electron chi connectivity index (χ4n) is 11.7. The Morgan fingerprint density at radius 2 is 0.681 bits per heavy atom. The zero-order chi connectivity index (χ0) is 69.3. The monoisotopic (exact) mass is 1380 g/mol. The number of hydrogen-bond donors (Lipinski definition) is 24. The first-order valence-electron chi connectivity index (χ1n) is 29.8. The van der Waals surface area contributed by atoms with Crippen LogP contribution in [0.4, 0.5) is 0 Å². The first-order chi connectivity index (χ1) is 44.6. The summed E-state index contributed by atoms with van der Waals surface area (Å²) in [6, 6.07) is -6.39. The van der Waals surface area contributed by atoms with Crippen LogP contribution in [-0.2, 0) is 85.5 Å². The van der Waals surface area contributed by atoms with E-state index >= 15 is 0 Å². The Bertz CT molecular complexity index is 2370. The molecule has 0 spiro atoms. The predicted molar refractivity (Wildman–Crippen MR) is 290 cm³/mol. The molecule has 7 saturated heterocycles. The van der Waals surface area contributed by atoms with Crippen LogP contribution >= 0.6 is 0 Å². The molecule has 7 fully saturated rings. The van der Waals surface area contributed by atoms with Gasteiger partial charge < -0.3 is 190 Å². The van der Waals surface area contributed by atoms with Gasteiger partial charge in [-0.3, -0.25) is 19.2 Å². The lowest BCUT2D eigenvalue weighted by Crippen LogP contribution is -2.70. The van der Waals surface area contributed by atoms with Gasteiger partial charge in [-0.05, 0) is 0 Å². The molecule has 544 valence electrons. The molecule has 0 saturated carbocycles. The van der Waals surface area contributed by atoms with Crippen LogP contribution in [0.15, 0.2) is 0 Å². The molecule has 24 N–H and O–H groups in total. The van der Waals surface area contributed by atoms with Crippen molar-refractivity contribution in [3.63, 3.8) is 0 Å². The van der Waals surface area contributed by atoms with Gasteiger partial charge in [0.1, 0.15) is 171 Å². The number of rotatable bonds is 28. The van der Waals surface area contributed by atoms with E-state index in [-0.39, 0.29) is 6.41 Å². The van der Waals surface area contributed by atoms with Gasteiger partial charge >= 0.3 is 0 Å². The summed E-state index contributed by atoms with van der Waals surface area (Å²) < 4.78 is 81.5. The van der Waals surface area contributed by atoms with Crippen LogP contribution in [-0.4, -0.2) is 407 Å². The summed E-state index contributed by atoms with van der Waals surface area (Å²) in [5.74, 6) is -2.62. The molecule has 0 unspecified atom stereocenters. The number of hydrogen-bond acceptors (Lipinski definition) is 38. The van der Waals surface area contributed by atoms with Crippen molar-refractivity contribution in [1.82, 2.24) is 21.3 Å². The fourth-order valence-corrected chi connectivity index (χ4v) is 11.7. The number of nitrogens with one attached hydrogen (secondary N) is 4. The number of carbonyl (C=O) groups excluding carboxylic acids is 4. The Morgan fingerprint density at radius 3 is 1.12 bits per heavy atom. The molecule has 0 radical (unpaired) electrons. The maximum absolute atomic E-state index is 12.9. The van der Waals surface area contributed by atoms with Crippen molar-refractivity contribution in [2.45, 2.75) is 242 Å². The molecule has 42 nitrogen and oxygen atoms in total. The maximum atomic E-state index is 12.9. The number of aliphatic hydroxyl groups is 20. The average Bonchev–Trinajstić information content (AvgIpc) is 0.782. The molecule has 7 heterocycles. The third-order valence-electron chi connectivity index (χ3n) is 16.7. The zero-order valence-corrected chi connectivity index (χ0v) is 50.5. The van der Waals surface area contributed by atoms with E-state index in [0.29, 0.717) is 0 Å². The topological polar surface area (TPSA) is 650 Å². The van der Waals surface area contributed by atoms with Crippen LogP contribution in [0.1, 0.15) is 20.8 Å². The normalized spacial score (nSPS) is 46.4. The molecule has 7 aliphatic heterocycles. The van der Waals surface area contributed by atoms with Crippen molar-refractivity contribution in [3.8, 4) is 0 Å². The summed E-state index contributed by atoms with van der Waals surface area (Å²) in [6.07, 6.45) is -62.4. The van der Waals surface area contributed by atoms with Gasteiger partial charge in [-0.1, -0.05) is 0 Å². The van der Waals surface area contributed by atoms with E-state index in [1.54, 1.807) is 0 Å². The van der Waals surface area contributed by atoms with Gasteiger partial charge in [0.05, 0.1) is 65.5 Å². The number of amides is 4. The van der Waals surface area contributed by atoms with Gasteiger partial charge in [0.25, 0.3) is 0 Å². The highest BCUT2D eigenvalue weighted by atomic mass is 16.8. The van der Waals surface area contributed by atoms with Crippen molar-refractivity contribution in [2.75, 3.05) is 59.5 Å². The van der Waals surface area contributed by atoms with Crippen molar-refractivity contribution in [1.29, 1.82) is 0 Å². The van der Waals surface area contributed by atoms with Gasteiger partial charge in [0.2, 0.25) is 24.1 Å².